The van der Waals surface area contributed by atoms with Crippen molar-refractivity contribution in [1.29, 1.82) is 0 Å². The van der Waals surface area contributed by atoms with E-state index in [9.17, 15) is 4.79 Å². The summed E-state index contributed by atoms with van der Waals surface area (Å²) in [6.07, 6.45) is 15.5. The lowest BCUT2D eigenvalue weighted by Gasteiger charge is -2.64. The van der Waals surface area contributed by atoms with Gasteiger partial charge in [-0.05, 0) is 98.4 Å². The van der Waals surface area contributed by atoms with Crippen molar-refractivity contribution in [3.05, 3.63) is 47.5 Å². The van der Waals surface area contributed by atoms with E-state index in [0.29, 0.717) is 30.2 Å². The summed E-state index contributed by atoms with van der Waals surface area (Å²) in [6.45, 7) is 10.6. The van der Waals surface area contributed by atoms with Gasteiger partial charge in [-0.1, -0.05) is 62.8 Å². The zero-order valence-electron chi connectivity index (χ0n) is 25.2. The minimum atomic E-state index is 0.0153. The molecule has 2 bridgehead atoms. The average molecular weight is 546 g/mol. The Kier molecular flexibility index (Phi) is 7.18. The van der Waals surface area contributed by atoms with Crippen molar-refractivity contribution in [2.75, 3.05) is 19.8 Å². The van der Waals surface area contributed by atoms with Crippen LogP contribution in [0.4, 0.5) is 0 Å². The van der Waals surface area contributed by atoms with Gasteiger partial charge >= 0.3 is 0 Å². The van der Waals surface area contributed by atoms with Gasteiger partial charge in [-0.25, -0.2) is 0 Å². The SMILES string of the molecule is CC(C)CC1CCC2(C)C(CC=C3C2CCC2C4COCC32CCC4OC2CC(=O)N(Cc3ccccc3)C2)C1. The fourth-order valence-electron chi connectivity index (χ4n) is 10.7. The number of fused-ring (bicyclic) bond motifs is 3. The molecule has 6 aliphatic rings. The third-order valence-electron chi connectivity index (χ3n) is 12.6. The van der Waals surface area contributed by atoms with Crippen molar-refractivity contribution in [3.8, 4) is 0 Å². The number of benzene rings is 1. The minimum absolute atomic E-state index is 0.0153. The molecule has 4 nitrogen and oxygen atoms in total. The first-order chi connectivity index (χ1) is 19.4. The molecular formula is C36H51NO3. The van der Waals surface area contributed by atoms with Gasteiger partial charge < -0.3 is 14.4 Å². The third kappa shape index (κ3) is 4.60. The molecule has 2 aliphatic heterocycles. The Morgan fingerprint density at radius 1 is 1.10 bits per heavy atom. The van der Waals surface area contributed by atoms with Crippen LogP contribution in [0.2, 0.25) is 0 Å². The first-order valence-electron chi connectivity index (χ1n) is 16.6. The number of likely N-dealkylation sites (tertiary alicyclic amines) is 1. The Labute approximate surface area is 242 Å². The highest BCUT2D eigenvalue weighted by atomic mass is 16.5. The highest BCUT2D eigenvalue weighted by Crippen LogP contribution is 2.67. The third-order valence-corrected chi connectivity index (χ3v) is 12.6. The fraction of sp³-hybridized carbons (Fsp3) is 0.750. The van der Waals surface area contributed by atoms with E-state index in [4.69, 9.17) is 9.47 Å². The molecule has 40 heavy (non-hydrogen) atoms. The highest BCUT2D eigenvalue weighted by molar-refractivity contribution is 5.79. The number of hydrogen-bond acceptors (Lipinski definition) is 3. The Morgan fingerprint density at radius 2 is 1.95 bits per heavy atom. The first kappa shape index (κ1) is 27.2. The maximum atomic E-state index is 12.9. The molecule has 1 amide bonds. The van der Waals surface area contributed by atoms with E-state index in [2.05, 4.69) is 51.1 Å². The summed E-state index contributed by atoms with van der Waals surface area (Å²) in [5, 5.41) is 0. The normalized spacial score (nSPS) is 42.7. The Bertz CT molecular complexity index is 1110. The second kappa shape index (κ2) is 10.6. The van der Waals surface area contributed by atoms with E-state index in [-0.39, 0.29) is 23.5 Å². The smallest absolute Gasteiger partial charge is 0.225 e. The molecule has 5 fully saturated rings. The van der Waals surface area contributed by atoms with Crippen LogP contribution in [0.3, 0.4) is 0 Å². The van der Waals surface area contributed by atoms with E-state index >= 15 is 0 Å². The van der Waals surface area contributed by atoms with Crippen molar-refractivity contribution in [1.82, 2.24) is 4.90 Å². The van der Waals surface area contributed by atoms with Crippen LogP contribution in [0, 0.1) is 46.3 Å². The van der Waals surface area contributed by atoms with E-state index in [1.54, 1.807) is 5.57 Å². The number of amides is 1. The minimum Gasteiger partial charge on any atom is -0.380 e. The van der Waals surface area contributed by atoms with Crippen molar-refractivity contribution >= 4 is 5.91 Å². The van der Waals surface area contributed by atoms with Crippen LogP contribution >= 0.6 is 0 Å². The van der Waals surface area contributed by atoms with Crippen molar-refractivity contribution in [2.45, 2.75) is 104 Å². The van der Waals surface area contributed by atoms with Crippen LogP contribution < -0.4 is 0 Å². The summed E-state index contributed by atoms with van der Waals surface area (Å²) in [7, 11) is 0. The Balaban J connectivity index is 1.05. The lowest BCUT2D eigenvalue weighted by Crippen LogP contribution is -2.60. The number of nitrogens with zero attached hydrogens (tertiary/aromatic N) is 1. The molecule has 7 rings (SSSR count). The molecular weight excluding hydrogens is 494 g/mol. The Hall–Kier alpha value is -1.65. The monoisotopic (exact) mass is 545 g/mol. The summed E-state index contributed by atoms with van der Waals surface area (Å²) in [6, 6.07) is 10.4. The van der Waals surface area contributed by atoms with Gasteiger partial charge in [0.2, 0.25) is 5.91 Å². The molecule has 0 radical (unpaired) electrons. The fourth-order valence-corrected chi connectivity index (χ4v) is 10.7. The summed E-state index contributed by atoms with van der Waals surface area (Å²) in [5.41, 5.74) is 3.71. The largest absolute Gasteiger partial charge is 0.380 e. The summed E-state index contributed by atoms with van der Waals surface area (Å²) in [4.78, 5) is 14.9. The maximum Gasteiger partial charge on any atom is 0.225 e. The standard InChI is InChI=1S/C36H51NO3/c1-24(2)17-26-13-15-35(3)27(18-26)9-10-32-31(35)12-11-30-29-22-39-23-36(30,32)16-14-33(29)40-28-19-34(38)37(21-28)20-25-7-5-4-6-8-25/h4-8,10,24,26-31,33H,9,11-23H2,1-3H3. The van der Waals surface area contributed by atoms with Gasteiger partial charge in [0.15, 0.2) is 0 Å². The number of rotatable bonds is 6. The van der Waals surface area contributed by atoms with Crippen LogP contribution in [0.25, 0.3) is 0 Å². The lowest BCUT2D eigenvalue weighted by molar-refractivity contribution is -0.190. The molecule has 9 unspecified atom stereocenters. The van der Waals surface area contributed by atoms with Crippen LogP contribution in [0.15, 0.2) is 42.0 Å². The molecule has 3 saturated carbocycles. The van der Waals surface area contributed by atoms with Crippen molar-refractivity contribution < 1.29 is 14.3 Å². The number of carbonyl (C=O) groups is 1. The number of allylic oxidation sites excluding steroid dienone is 1. The number of hydrogen-bond donors (Lipinski definition) is 0. The second-order valence-electron chi connectivity index (χ2n) is 15.2. The zero-order chi connectivity index (χ0) is 27.5. The van der Waals surface area contributed by atoms with Gasteiger partial charge in [0.1, 0.15) is 0 Å². The summed E-state index contributed by atoms with van der Waals surface area (Å²) < 4.78 is 13.3. The highest BCUT2D eigenvalue weighted by Gasteiger charge is 2.61. The van der Waals surface area contributed by atoms with Crippen LogP contribution in [-0.2, 0) is 20.8 Å². The van der Waals surface area contributed by atoms with Gasteiger partial charge in [0.05, 0.1) is 31.8 Å². The van der Waals surface area contributed by atoms with Crippen molar-refractivity contribution in [3.63, 3.8) is 0 Å². The second-order valence-corrected chi connectivity index (χ2v) is 15.2. The zero-order valence-corrected chi connectivity index (χ0v) is 25.2. The molecule has 218 valence electrons. The van der Waals surface area contributed by atoms with Gasteiger partial charge in [0.25, 0.3) is 0 Å². The Morgan fingerprint density at radius 3 is 2.77 bits per heavy atom. The van der Waals surface area contributed by atoms with E-state index in [1.165, 1.54) is 56.9 Å². The van der Waals surface area contributed by atoms with Crippen molar-refractivity contribution in [2.24, 2.45) is 46.3 Å². The molecule has 0 aromatic heterocycles. The van der Waals surface area contributed by atoms with Crippen LogP contribution in [-0.4, -0.2) is 42.8 Å². The molecule has 0 spiro atoms. The number of ether oxygens (including phenoxy) is 2. The lowest BCUT2D eigenvalue weighted by atomic mass is 9.43. The quantitative estimate of drug-likeness (QED) is 0.349. The van der Waals surface area contributed by atoms with Gasteiger partial charge in [-0.2, -0.15) is 0 Å². The molecule has 9 atom stereocenters. The average Bonchev–Trinajstić information content (AvgIpc) is 3.28. The predicted octanol–water partition coefficient (Wildman–Crippen LogP) is 7.42. The predicted molar refractivity (Wildman–Crippen MR) is 158 cm³/mol. The molecule has 1 aromatic rings. The van der Waals surface area contributed by atoms with Crippen LogP contribution in [0.5, 0.6) is 0 Å². The van der Waals surface area contributed by atoms with E-state index in [1.807, 2.05) is 11.0 Å². The van der Waals surface area contributed by atoms with Gasteiger partial charge in [0, 0.05) is 24.4 Å². The van der Waals surface area contributed by atoms with Crippen LogP contribution in [0.1, 0.15) is 90.5 Å². The molecule has 4 heteroatoms. The molecule has 2 saturated heterocycles. The first-order valence-corrected chi connectivity index (χ1v) is 16.6. The molecule has 2 heterocycles. The topological polar surface area (TPSA) is 38.8 Å². The van der Waals surface area contributed by atoms with E-state index < -0.39 is 0 Å². The summed E-state index contributed by atoms with van der Waals surface area (Å²) in [5.74, 6) is 4.75. The number of carbonyl (C=O) groups excluding carboxylic acids is 1. The maximum absolute atomic E-state index is 12.9. The van der Waals surface area contributed by atoms with E-state index in [0.717, 1.165) is 49.9 Å². The summed E-state index contributed by atoms with van der Waals surface area (Å²) >= 11 is 0. The molecule has 1 aromatic carbocycles. The molecule has 0 N–H and O–H groups in total. The van der Waals surface area contributed by atoms with Gasteiger partial charge in [-0.3, -0.25) is 4.79 Å². The van der Waals surface area contributed by atoms with Gasteiger partial charge in [-0.15, -0.1) is 0 Å². The molecule has 4 aliphatic carbocycles.